The summed E-state index contributed by atoms with van der Waals surface area (Å²) in [6.07, 6.45) is 17.2. The van der Waals surface area contributed by atoms with Gasteiger partial charge in [0.15, 0.2) is 0 Å². The number of carbonyl (C=O) groups is 1. The van der Waals surface area contributed by atoms with Gasteiger partial charge in [0.05, 0.1) is 5.69 Å². The van der Waals surface area contributed by atoms with Crippen molar-refractivity contribution in [3.63, 3.8) is 0 Å². The van der Waals surface area contributed by atoms with E-state index in [1.807, 2.05) is 49.7 Å². The van der Waals surface area contributed by atoms with E-state index >= 15 is 0 Å². The van der Waals surface area contributed by atoms with Crippen molar-refractivity contribution in [2.24, 2.45) is 11.8 Å². The minimum atomic E-state index is 0.162. The van der Waals surface area contributed by atoms with E-state index in [1.54, 1.807) is 0 Å². The van der Waals surface area contributed by atoms with Crippen LogP contribution in [0.5, 0.6) is 0 Å². The van der Waals surface area contributed by atoms with Gasteiger partial charge in [0, 0.05) is 56.6 Å². The fourth-order valence-electron chi connectivity index (χ4n) is 4.73. The van der Waals surface area contributed by atoms with Crippen molar-refractivity contribution in [1.82, 2.24) is 20.3 Å². The van der Waals surface area contributed by atoms with E-state index in [2.05, 4.69) is 27.4 Å². The molecule has 6 nitrogen and oxygen atoms in total. The van der Waals surface area contributed by atoms with Gasteiger partial charge in [0.2, 0.25) is 11.9 Å². The van der Waals surface area contributed by atoms with Crippen molar-refractivity contribution in [2.75, 3.05) is 25.5 Å². The predicted molar refractivity (Wildman–Crippen MR) is 124 cm³/mol. The van der Waals surface area contributed by atoms with Crippen LogP contribution in [-0.4, -0.2) is 41.5 Å². The number of nitrogens with zero attached hydrogens (tertiary/aromatic N) is 4. The van der Waals surface area contributed by atoms with Crippen LogP contribution in [0.2, 0.25) is 0 Å². The number of hydrogen-bond acceptors (Lipinski definition) is 5. The van der Waals surface area contributed by atoms with E-state index in [9.17, 15) is 4.79 Å². The molecule has 2 aliphatic rings. The van der Waals surface area contributed by atoms with Gasteiger partial charge in [-0.25, -0.2) is 9.97 Å². The molecule has 31 heavy (non-hydrogen) atoms. The van der Waals surface area contributed by atoms with Crippen LogP contribution in [0, 0.1) is 11.8 Å². The Morgan fingerprint density at radius 2 is 1.87 bits per heavy atom. The Bertz CT molecular complexity index is 903. The number of carbonyl (C=O) groups excluding carboxylic acids is 1. The lowest BCUT2D eigenvalue weighted by molar-refractivity contribution is -0.125. The van der Waals surface area contributed by atoms with Gasteiger partial charge in [-0.3, -0.25) is 9.78 Å². The van der Waals surface area contributed by atoms with E-state index in [4.69, 9.17) is 4.98 Å². The van der Waals surface area contributed by atoms with Crippen LogP contribution in [0.1, 0.15) is 56.6 Å². The second kappa shape index (κ2) is 10.0. The van der Waals surface area contributed by atoms with E-state index in [-0.39, 0.29) is 11.8 Å². The average Bonchev–Trinajstić information content (AvgIpc) is 2.83. The third-order valence-electron chi connectivity index (χ3n) is 6.64. The highest BCUT2D eigenvalue weighted by Gasteiger charge is 2.27. The highest BCUT2D eigenvalue weighted by atomic mass is 16.1. The zero-order valence-corrected chi connectivity index (χ0v) is 18.6. The van der Waals surface area contributed by atoms with Crippen molar-refractivity contribution in [3.8, 4) is 11.1 Å². The summed E-state index contributed by atoms with van der Waals surface area (Å²) in [6.45, 7) is 0.801. The molecule has 164 valence electrons. The van der Waals surface area contributed by atoms with Gasteiger partial charge in [-0.05, 0) is 68.6 Å². The van der Waals surface area contributed by atoms with Crippen LogP contribution in [0.25, 0.3) is 11.1 Å². The molecule has 0 radical (unpaired) electrons. The van der Waals surface area contributed by atoms with Gasteiger partial charge in [0.1, 0.15) is 0 Å². The van der Waals surface area contributed by atoms with Gasteiger partial charge in [-0.1, -0.05) is 12.2 Å². The molecule has 1 atom stereocenters. The summed E-state index contributed by atoms with van der Waals surface area (Å²) >= 11 is 0. The molecule has 2 aromatic heterocycles. The molecule has 0 saturated heterocycles. The molecule has 2 aliphatic carbocycles. The third kappa shape index (κ3) is 5.30. The molecule has 1 fully saturated rings. The standard InChI is InChI=1S/C25H33N5O/c1-30(2)25-28-17-22(19-12-14-26-15-13-19)23(29-25)20-10-8-18(9-11-20)16-27-24(31)21-6-4-3-5-7-21/h3-4,12-15,17-18,20-21H,5-11,16H2,1-2H3,(H,27,31)/t18?,20?,21-/m0/s1. The first-order chi connectivity index (χ1) is 15.1. The van der Waals surface area contributed by atoms with Crippen LogP contribution in [0.3, 0.4) is 0 Å². The Morgan fingerprint density at radius 1 is 1.10 bits per heavy atom. The molecule has 6 heteroatoms. The first kappa shape index (κ1) is 21.5. The van der Waals surface area contributed by atoms with Crippen molar-refractivity contribution in [2.45, 2.75) is 50.9 Å². The highest BCUT2D eigenvalue weighted by molar-refractivity contribution is 5.79. The van der Waals surface area contributed by atoms with E-state index < -0.39 is 0 Å². The number of amides is 1. The lowest BCUT2D eigenvalue weighted by Gasteiger charge is -2.30. The lowest BCUT2D eigenvalue weighted by Crippen LogP contribution is -2.35. The number of rotatable bonds is 6. The van der Waals surface area contributed by atoms with Crippen molar-refractivity contribution in [1.29, 1.82) is 0 Å². The Hall–Kier alpha value is -2.76. The first-order valence-corrected chi connectivity index (χ1v) is 11.5. The van der Waals surface area contributed by atoms with Crippen molar-refractivity contribution in [3.05, 3.63) is 48.6 Å². The molecular weight excluding hydrogens is 386 g/mol. The second-order valence-corrected chi connectivity index (χ2v) is 9.04. The fraction of sp³-hybridized carbons (Fsp3) is 0.520. The number of pyridine rings is 1. The highest BCUT2D eigenvalue weighted by Crippen LogP contribution is 2.39. The van der Waals surface area contributed by atoms with Gasteiger partial charge in [0.25, 0.3) is 0 Å². The van der Waals surface area contributed by atoms with Gasteiger partial charge >= 0.3 is 0 Å². The quantitative estimate of drug-likeness (QED) is 0.705. The molecular formula is C25H33N5O. The Balaban J connectivity index is 1.40. The number of anilines is 1. The molecule has 0 aromatic carbocycles. The van der Waals surface area contributed by atoms with Gasteiger partial charge < -0.3 is 10.2 Å². The smallest absolute Gasteiger partial charge is 0.225 e. The third-order valence-corrected chi connectivity index (χ3v) is 6.64. The number of allylic oxidation sites excluding steroid dienone is 2. The summed E-state index contributed by atoms with van der Waals surface area (Å²) in [5.41, 5.74) is 3.36. The Labute approximate surface area is 185 Å². The molecule has 0 aliphatic heterocycles. The monoisotopic (exact) mass is 419 g/mol. The van der Waals surface area contributed by atoms with Gasteiger partial charge in [-0.2, -0.15) is 0 Å². The first-order valence-electron chi connectivity index (χ1n) is 11.5. The van der Waals surface area contributed by atoms with E-state index in [1.165, 1.54) is 0 Å². The second-order valence-electron chi connectivity index (χ2n) is 9.04. The summed E-state index contributed by atoms with van der Waals surface area (Å²) in [4.78, 5) is 28.1. The predicted octanol–water partition coefficient (Wildman–Crippen LogP) is 4.35. The van der Waals surface area contributed by atoms with Crippen molar-refractivity contribution < 1.29 is 4.79 Å². The molecule has 1 saturated carbocycles. The maximum absolute atomic E-state index is 12.5. The summed E-state index contributed by atoms with van der Waals surface area (Å²) in [5.74, 6) is 2.12. The van der Waals surface area contributed by atoms with Crippen LogP contribution < -0.4 is 10.2 Å². The number of aromatic nitrogens is 3. The molecule has 4 rings (SSSR count). The maximum atomic E-state index is 12.5. The largest absolute Gasteiger partial charge is 0.356 e. The molecule has 2 heterocycles. The van der Waals surface area contributed by atoms with Gasteiger partial charge in [-0.15, -0.1) is 0 Å². The summed E-state index contributed by atoms with van der Waals surface area (Å²) in [7, 11) is 3.96. The average molecular weight is 420 g/mol. The molecule has 1 N–H and O–H groups in total. The molecule has 2 aromatic rings. The Kier molecular flexibility index (Phi) is 6.95. The zero-order valence-electron chi connectivity index (χ0n) is 18.6. The minimum absolute atomic E-state index is 0.162. The summed E-state index contributed by atoms with van der Waals surface area (Å²) in [5, 5.41) is 3.23. The van der Waals surface area contributed by atoms with Crippen LogP contribution >= 0.6 is 0 Å². The van der Waals surface area contributed by atoms with Crippen LogP contribution in [0.4, 0.5) is 5.95 Å². The zero-order chi connectivity index (χ0) is 21.6. The minimum Gasteiger partial charge on any atom is -0.356 e. The molecule has 1 amide bonds. The SMILES string of the molecule is CN(C)c1ncc(-c2ccncc2)c(C2CCC(CNC(=O)[C@H]3CC=CCC3)CC2)n1. The fourth-order valence-corrected chi connectivity index (χ4v) is 4.73. The van der Waals surface area contributed by atoms with Crippen LogP contribution in [0.15, 0.2) is 42.9 Å². The Morgan fingerprint density at radius 3 is 2.55 bits per heavy atom. The summed E-state index contributed by atoms with van der Waals surface area (Å²) < 4.78 is 0. The number of nitrogens with one attached hydrogen (secondary N) is 1. The topological polar surface area (TPSA) is 71.0 Å². The maximum Gasteiger partial charge on any atom is 0.225 e. The molecule has 0 bridgehead atoms. The van der Waals surface area contributed by atoms with E-state index in [0.717, 1.165) is 74.3 Å². The van der Waals surface area contributed by atoms with Crippen molar-refractivity contribution >= 4 is 11.9 Å². The molecule has 0 spiro atoms. The lowest BCUT2D eigenvalue weighted by atomic mass is 9.79. The van der Waals surface area contributed by atoms with E-state index in [0.29, 0.717) is 11.8 Å². The summed E-state index contributed by atoms with van der Waals surface area (Å²) in [6, 6.07) is 4.05. The number of hydrogen-bond donors (Lipinski definition) is 1. The molecule has 0 unspecified atom stereocenters. The van der Waals surface area contributed by atoms with Crippen LogP contribution in [-0.2, 0) is 4.79 Å². The normalized spacial score (nSPS) is 23.4.